The second-order valence-corrected chi connectivity index (χ2v) is 6.35. The van der Waals surface area contributed by atoms with Crippen molar-refractivity contribution in [2.45, 2.75) is 25.7 Å². The summed E-state index contributed by atoms with van der Waals surface area (Å²) in [5, 5.41) is 0. The molecule has 0 aliphatic heterocycles. The summed E-state index contributed by atoms with van der Waals surface area (Å²) < 4.78 is 10.8. The second-order valence-electron chi connectivity index (χ2n) is 6.35. The third-order valence-corrected chi connectivity index (χ3v) is 4.44. The first-order valence-electron chi connectivity index (χ1n) is 9.07. The summed E-state index contributed by atoms with van der Waals surface area (Å²) in [4.78, 5) is 10.9. The van der Waals surface area contributed by atoms with Gasteiger partial charge in [0.05, 0.1) is 13.2 Å². The number of rotatable bonds is 9. The number of hydrogen-bond acceptors (Lipinski definition) is 3. The molecule has 0 heterocycles. The van der Waals surface area contributed by atoms with Crippen molar-refractivity contribution in [1.29, 1.82) is 0 Å². The van der Waals surface area contributed by atoms with E-state index < -0.39 is 0 Å². The molecule has 0 saturated heterocycles. The summed E-state index contributed by atoms with van der Waals surface area (Å²) in [5.41, 5.74) is 5.23. The van der Waals surface area contributed by atoms with E-state index in [-0.39, 0.29) is 5.97 Å². The maximum Gasteiger partial charge on any atom is 0.330 e. The summed E-state index contributed by atoms with van der Waals surface area (Å²) in [7, 11) is 0. The Labute approximate surface area is 155 Å². The molecule has 0 atom stereocenters. The highest BCUT2D eigenvalue weighted by Gasteiger charge is 2.14. The van der Waals surface area contributed by atoms with E-state index in [0.29, 0.717) is 13.2 Å². The molecule has 0 spiro atoms. The molecule has 2 aromatic rings. The van der Waals surface area contributed by atoms with Crippen molar-refractivity contribution in [1.82, 2.24) is 0 Å². The molecule has 3 nitrogen and oxygen atoms in total. The number of allylic oxidation sites excluding steroid dienone is 1. The molecule has 0 amide bonds. The smallest absolute Gasteiger partial charge is 0.330 e. The molecule has 0 fully saturated rings. The summed E-state index contributed by atoms with van der Waals surface area (Å²) in [6.07, 6.45) is 7.17. The molecule has 1 aliphatic carbocycles. The lowest BCUT2D eigenvalue weighted by atomic mass is 10.0. The Kier molecular flexibility index (Phi) is 6.26. The van der Waals surface area contributed by atoms with Gasteiger partial charge in [-0.15, -0.1) is 0 Å². The zero-order valence-corrected chi connectivity index (χ0v) is 14.9. The quantitative estimate of drug-likeness (QED) is 0.361. The number of unbranched alkanes of at least 4 members (excludes halogenated alkanes) is 2. The van der Waals surface area contributed by atoms with Crippen molar-refractivity contribution >= 4 is 17.6 Å². The first-order valence-corrected chi connectivity index (χ1v) is 9.07. The van der Waals surface area contributed by atoms with E-state index in [0.717, 1.165) is 31.4 Å². The van der Waals surface area contributed by atoms with E-state index in [1.165, 1.54) is 28.3 Å². The van der Waals surface area contributed by atoms with E-state index in [4.69, 9.17) is 9.47 Å². The van der Waals surface area contributed by atoms with Gasteiger partial charge in [0, 0.05) is 6.08 Å². The molecule has 0 aromatic heterocycles. The van der Waals surface area contributed by atoms with Gasteiger partial charge in [0.25, 0.3) is 0 Å². The molecule has 1 aliphatic rings. The van der Waals surface area contributed by atoms with E-state index in [1.54, 1.807) is 0 Å². The van der Waals surface area contributed by atoms with Crippen LogP contribution >= 0.6 is 0 Å². The predicted molar refractivity (Wildman–Crippen MR) is 105 cm³/mol. The lowest BCUT2D eigenvalue weighted by Crippen LogP contribution is -2.03. The Hall–Kier alpha value is -2.81. The number of ether oxygens (including phenoxy) is 2. The molecule has 0 radical (unpaired) electrons. The average Bonchev–Trinajstić information content (AvgIpc) is 3.11. The van der Waals surface area contributed by atoms with Gasteiger partial charge in [-0.1, -0.05) is 49.1 Å². The topological polar surface area (TPSA) is 35.5 Å². The first-order chi connectivity index (χ1) is 12.8. The van der Waals surface area contributed by atoms with Gasteiger partial charge in [0.2, 0.25) is 0 Å². The van der Waals surface area contributed by atoms with Crippen molar-refractivity contribution in [3.05, 3.63) is 77.9 Å². The Bertz CT molecular complexity index is 790. The lowest BCUT2D eigenvalue weighted by molar-refractivity contribution is -0.137. The largest absolute Gasteiger partial charge is 0.494 e. The Balaban J connectivity index is 1.45. The summed E-state index contributed by atoms with van der Waals surface area (Å²) in [6, 6.07) is 16.8. The molecule has 0 unspecified atom stereocenters. The number of carbonyl (C=O) groups is 1. The minimum atomic E-state index is -0.359. The van der Waals surface area contributed by atoms with Crippen molar-refractivity contribution in [3.63, 3.8) is 0 Å². The second kappa shape index (κ2) is 9.04. The van der Waals surface area contributed by atoms with Crippen LogP contribution in [0.3, 0.4) is 0 Å². The molecule has 134 valence electrons. The van der Waals surface area contributed by atoms with Gasteiger partial charge in [0.1, 0.15) is 5.75 Å². The number of esters is 1. The van der Waals surface area contributed by atoms with E-state index in [1.807, 2.05) is 12.1 Å². The van der Waals surface area contributed by atoms with Crippen LogP contribution in [-0.4, -0.2) is 19.2 Å². The number of carbonyl (C=O) groups excluding carboxylic acids is 1. The van der Waals surface area contributed by atoms with Crippen LogP contribution in [-0.2, 0) is 16.0 Å². The Morgan fingerprint density at radius 2 is 1.85 bits per heavy atom. The van der Waals surface area contributed by atoms with Crippen molar-refractivity contribution in [2.75, 3.05) is 13.2 Å². The van der Waals surface area contributed by atoms with Gasteiger partial charge in [-0.3, -0.25) is 0 Å². The molecule has 0 saturated carbocycles. The molecular weight excluding hydrogens is 324 g/mol. The maximum atomic E-state index is 10.9. The predicted octanol–water partition coefficient (Wildman–Crippen LogP) is 5.06. The van der Waals surface area contributed by atoms with Gasteiger partial charge < -0.3 is 9.47 Å². The van der Waals surface area contributed by atoms with Gasteiger partial charge in [-0.05, 0) is 60.1 Å². The van der Waals surface area contributed by atoms with Crippen LogP contribution in [0.1, 0.15) is 36.0 Å². The summed E-state index contributed by atoms with van der Waals surface area (Å²) >= 11 is 0. The third-order valence-electron chi connectivity index (χ3n) is 4.44. The molecule has 0 N–H and O–H groups in total. The molecule has 3 heteroatoms. The summed E-state index contributed by atoms with van der Waals surface area (Å²) in [6.45, 7) is 4.48. The van der Waals surface area contributed by atoms with Crippen LogP contribution in [0.5, 0.6) is 5.75 Å². The van der Waals surface area contributed by atoms with E-state index in [2.05, 4.69) is 49.1 Å². The fourth-order valence-electron chi connectivity index (χ4n) is 3.04. The van der Waals surface area contributed by atoms with Crippen molar-refractivity contribution in [3.8, 4) is 5.75 Å². The molecule has 3 rings (SSSR count). The van der Waals surface area contributed by atoms with Gasteiger partial charge >= 0.3 is 5.97 Å². The zero-order valence-electron chi connectivity index (χ0n) is 14.9. The number of hydrogen-bond donors (Lipinski definition) is 0. The fraction of sp³-hybridized carbons (Fsp3) is 0.261. The minimum absolute atomic E-state index is 0.359. The van der Waals surface area contributed by atoms with Crippen LogP contribution in [0, 0.1) is 0 Å². The molecular formula is C23H24O3. The molecule has 26 heavy (non-hydrogen) atoms. The van der Waals surface area contributed by atoms with Gasteiger partial charge in [0.15, 0.2) is 0 Å². The Morgan fingerprint density at radius 3 is 2.65 bits per heavy atom. The van der Waals surface area contributed by atoms with Crippen LogP contribution in [0.25, 0.3) is 11.6 Å². The van der Waals surface area contributed by atoms with Crippen LogP contribution in [0.15, 0.2) is 61.2 Å². The molecule has 2 aromatic carbocycles. The lowest BCUT2D eigenvalue weighted by Gasteiger charge is -2.08. The van der Waals surface area contributed by atoms with Crippen molar-refractivity contribution < 1.29 is 14.3 Å². The third kappa shape index (κ3) is 4.85. The number of benzene rings is 2. The number of fused-ring (bicyclic) bond motifs is 1. The molecule has 0 bridgehead atoms. The van der Waals surface area contributed by atoms with E-state index >= 15 is 0 Å². The van der Waals surface area contributed by atoms with Crippen LogP contribution in [0.2, 0.25) is 0 Å². The summed E-state index contributed by atoms with van der Waals surface area (Å²) in [5.74, 6) is 0.551. The highest BCUT2D eigenvalue weighted by molar-refractivity contribution is 5.88. The van der Waals surface area contributed by atoms with Gasteiger partial charge in [-0.25, -0.2) is 4.79 Å². The monoisotopic (exact) mass is 348 g/mol. The standard InChI is InChI=1S/C23H24O3/c1-2-23(24)26-14-8-4-7-13-25-22-12-11-19-15-20(16-21(19)17-22)18-9-5-3-6-10-18/h2-3,5-6,9-12,16-17H,1,4,7-8,13-15H2. The van der Waals surface area contributed by atoms with Gasteiger partial charge in [-0.2, -0.15) is 0 Å². The van der Waals surface area contributed by atoms with E-state index in [9.17, 15) is 4.79 Å². The first kappa shape index (κ1) is 18.0. The zero-order chi connectivity index (χ0) is 18.2. The highest BCUT2D eigenvalue weighted by Crippen LogP contribution is 2.33. The average molecular weight is 348 g/mol. The van der Waals surface area contributed by atoms with Crippen LogP contribution < -0.4 is 4.74 Å². The normalized spacial score (nSPS) is 12.2. The highest BCUT2D eigenvalue weighted by atomic mass is 16.5. The SMILES string of the molecule is C=CC(=O)OCCCCCOc1ccc2c(c1)C=C(c1ccccc1)C2. The Morgan fingerprint density at radius 1 is 1.04 bits per heavy atom. The minimum Gasteiger partial charge on any atom is -0.494 e. The van der Waals surface area contributed by atoms with Crippen LogP contribution in [0.4, 0.5) is 0 Å². The fourth-order valence-corrected chi connectivity index (χ4v) is 3.04. The maximum absolute atomic E-state index is 10.9. The van der Waals surface area contributed by atoms with Crippen molar-refractivity contribution in [2.24, 2.45) is 0 Å².